The van der Waals surface area contributed by atoms with Gasteiger partial charge in [-0.1, -0.05) is 12.1 Å². The lowest BCUT2D eigenvalue weighted by molar-refractivity contribution is 0.180. The van der Waals surface area contributed by atoms with Gasteiger partial charge in [-0.3, -0.25) is 4.79 Å². The Balaban J connectivity index is 2.66. The quantitative estimate of drug-likeness (QED) is 0.702. The molecule has 0 amide bonds. The van der Waals surface area contributed by atoms with Crippen LogP contribution in [0.4, 0.5) is 0 Å². The van der Waals surface area contributed by atoms with Crippen LogP contribution in [0.5, 0.6) is 0 Å². The molecule has 2 aromatic rings. The standard InChI is InChI=1S/C9H7NO2S/c11-9-5-1-3-7(10(9)12)8-4-2-6-13-8/h1-6,12H. The molecular weight excluding hydrogens is 186 g/mol. The molecule has 2 aromatic heterocycles. The van der Waals surface area contributed by atoms with E-state index in [9.17, 15) is 10.0 Å². The zero-order chi connectivity index (χ0) is 9.26. The third-order valence-electron chi connectivity index (χ3n) is 1.70. The van der Waals surface area contributed by atoms with Gasteiger partial charge in [0.2, 0.25) is 0 Å². The van der Waals surface area contributed by atoms with Crippen LogP contribution < -0.4 is 5.56 Å². The van der Waals surface area contributed by atoms with Gasteiger partial charge in [-0.15, -0.1) is 16.1 Å². The summed E-state index contributed by atoms with van der Waals surface area (Å²) in [5.74, 6) is 0. The lowest BCUT2D eigenvalue weighted by Crippen LogP contribution is -2.17. The van der Waals surface area contributed by atoms with E-state index in [-0.39, 0.29) is 0 Å². The third-order valence-corrected chi connectivity index (χ3v) is 2.60. The van der Waals surface area contributed by atoms with Crippen molar-refractivity contribution in [3.63, 3.8) is 0 Å². The molecule has 0 unspecified atom stereocenters. The van der Waals surface area contributed by atoms with E-state index in [0.717, 1.165) is 4.88 Å². The minimum absolute atomic E-state index is 0.411. The molecule has 2 rings (SSSR count). The average Bonchev–Trinajstić information content (AvgIpc) is 2.62. The van der Waals surface area contributed by atoms with Crippen LogP contribution in [0.2, 0.25) is 0 Å². The number of hydrogen-bond acceptors (Lipinski definition) is 3. The maximum atomic E-state index is 11.1. The zero-order valence-electron chi connectivity index (χ0n) is 6.68. The smallest absolute Gasteiger partial charge is 0.283 e. The van der Waals surface area contributed by atoms with Crippen LogP contribution in [-0.2, 0) is 0 Å². The maximum Gasteiger partial charge on any atom is 0.283 e. The molecule has 3 nitrogen and oxygen atoms in total. The van der Waals surface area contributed by atoms with Crippen molar-refractivity contribution in [3.05, 3.63) is 46.1 Å². The van der Waals surface area contributed by atoms with E-state index in [1.807, 2.05) is 17.5 Å². The molecule has 13 heavy (non-hydrogen) atoms. The van der Waals surface area contributed by atoms with E-state index >= 15 is 0 Å². The number of nitrogens with zero attached hydrogens (tertiary/aromatic N) is 1. The number of hydrogen-bond donors (Lipinski definition) is 1. The Morgan fingerprint density at radius 3 is 2.77 bits per heavy atom. The zero-order valence-corrected chi connectivity index (χ0v) is 7.49. The van der Waals surface area contributed by atoms with Gasteiger partial charge in [0.05, 0.1) is 4.88 Å². The molecule has 0 bridgehead atoms. The van der Waals surface area contributed by atoms with E-state index in [2.05, 4.69) is 0 Å². The van der Waals surface area contributed by atoms with Crippen LogP contribution >= 0.6 is 11.3 Å². The highest BCUT2D eigenvalue weighted by Crippen LogP contribution is 2.22. The summed E-state index contributed by atoms with van der Waals surface area (Å²) in [6.45, 7) is 0. The molecule has 0 saturated heterocycles. The fourth-order valence-electron chi connectivity index (χ4n) is 1.09. The van der Waals surface area contributed by atoms with Crippen LogP contribution in [0, 0.1) is 0 Å². The molecule has 66 valence electrons. The second-order valence-corrected chi connectivity index (χ2v) is 3.49. The van der Waals surface area contributed by atoms with E-state index in [1.54, 1.807) is 12.1 Å². The van der Waals surface area contributed by atoms with Crippen molar-refractivity contribution in [2.45, 2.75) is 0 Å². The van der Waals surface area contributed by atoms with Gasteiger partial charge in [-0.05, 0) is 17.5 Å². The average molecular weight is 193 g/mol. The number of aromatic nitrogens is 1. The van der Waals surface area contributed by atoms with Crippen molar-refractivity contribution in [2.24, 2.45) is 0 Å². The van der Waals surface area contributed by atoms with Gasteiger partial charge in [0.25, 0.3) is 5.56 Å². The first-order chi connectivity index (χ1) is 6.29. The summed E-state index contributed by atoms with van der Waals surface area (Å²) in [6, 6.07) is 8.37. The van der Waals surface area contributed by atoms with Gasteiger partial charge >= 0.3 is 0 Å². The SMILES string of the molecule is O=c1cccc(-c2cccs2)n1O. The Labute approximate surface area is 78.5 Å². The Morgan fingerprint density at radius 2 is 2.08 bits per heavy atom. The molecule has 0 radical (unpaired) electrons. The maximum absolute atomic E-state index is 11.1. The summed E-state index contributed by atoms with van der Waals surface area (Å²) in [4.78, 5) is 11.9. The molecule has 4 heteroatoms. The number of thiophene rings is 1. The second kappa shape index (κ2) is 3.06. The lowest BCUT2D eigenvalue weighted by Gasteiger charge is -2.01. The lowest BCUT2D eigenvalue weighted by atomic mass is 10.3. The predicted octanol–water partition coefficient (Wildman–Crippen LogP) is 1.81. The predicted molar refractivity (Wildman–Crippen MR) is 51.2 cm³/mol. The van der Waals surface area contributed by atoms with E-state index in [4.69, 9.17) is 0 Å². The van der Waals surface area contributed by atoms with Gasteiger partial charge in [0.15, 0.2) is 0 Å². The van der Waals surface area contributed by atoms with Gasteiger partial charge in [-0.2, -0.15) is 0 Å². The minimum Gasteiger partial charge on any atom is -0.425 e. The van der Waals surface area contributed by atoms with Crippen LogP contribution in [-0.4, -0.2) is 9.94 Å². The van der Waals surface area contributed by atoms with Crippen LogP contribution in [0.1, 0.15) is 0 Å². The largest absolute Gasteiger partial charge is 0.425 e. The van der Waals surface area contributed by atoms with Gasteiger partial charge in [-0.25, -0.2) is 0 Å². The Morgan fingerprint density at radius 1 is 1.23 bits per heavy atom. The van der Waals surface area contributed by atoms with Gasteiger partial charge < -0.3 is 5.21 Å². The molecule has 0 aromatic carbocycles. The summed E-state index contributed by atoms with van der Waals surface area (Å²) in [6.07, 6.45) is 0. The first kappa shape index (κ1) is 8.07. The van der Waals surface area contributed by atoms with E-state index < -0.39 is 5.56 Å². The van der Waals surface area contributed by atoms with Gasteiger partial charge in [0, 0.05) is 6.07 Å². The molecule has 0 fully saturated rings. The summed E-state index contributed by atoms with van der Waals surface area (Å²) in [7, 11) is 0. The van der Waals surface area contributed by atoms with E-state index in [1.165, 1.54) is 17.4 Å². The van der Waals surface area contributed by atoms with Crippen molar-refractivity contribution in [2.75, 3.05) is 0 Å². The van der Waals surface area contributed by atoms with E-state index in [0.29, 0.717) is 10.4 Å². The molecular formula is C9H7NO2S. The molecule has 0 saturated carbocycles. The summed E-state index contributed by atoms with van der Waals surface area (Å²) < 4.78 is 0.659. The highest BCUT2D eigenvalue weighted by molar-refractivity contribution is 7.13. The number of rotatable bonds is 1. The second-order valence-electron chi connectivity index (χ2n) is 2.54. The summed E-state index contributed by atoms with van der Waals surface area (Å²) in [5.41, 5.74) is 0.119. The highest BCUT2D eigenvalue weighted by Gasteiger charge is 2.04. The fourth-order valence-corrected chi connectivity index (χ4v) is 1.83. The Kier molecular flexibility index (Phi) is 1.90. The molecule has 0 aliphatic heterocycles. The minimum atomic E-state index is -0.411. The Hall–Kier alpha value is -1.55. The summed E-state index contributed by atoms with van der Waals surface area (Å²) in [5, 5.41) is 11.3. The van der Waals surface area contributed by atoms with Gasteiger partial charge in [0.1, 0.15) is 5.69 Å². The fraction of sp³-hybridized carbons (Fsp3) is 0. The monoisotopic (exact) mass is 193 g/mol. The first-order valence-corrected chi connectivity index (χ1v) is 4.62. The van der Waals surface area contributed by atoms with Crippen molar-refractivity contribution in [3.8, 4) is 10.6 Å². The highest BCUT2D eigenvalue weighted by atomic mass is 32.1. The van der Waals surface area contributed by atoms with Crippen molar-refractivity contribution in [1.82, 2.24) is 4.73 Å². The molecule has 2 heterocycles. The summed E-state index contributed by atoms with van der Waals surface area (Å²) >= 11 is 1.48. The van der Waals surface area contributed by atoms with Crippen molar-refractivity contribution < 1.29 is 5.21 Å². The van der Waals surface area contributed by atoms with Crippen LogP contribution in [0.15, 0.2) is 40.5 Å². The number of pyridine rings is 1. The van der Waals surface area contributed by atoms with Crippen LogP contribution in [0.3, 0.4) is 0 Å². The molecule has 0 spiro atoms. The van der Waals surface area contributed by atoms with Crippen LogP contribution in [0.25, 0.3) is 10.6 Å². The third kappa shape index (κ3) is 1.36. The normalized spacial score (nSPS) is 10.2. The Bertz CT molecular complexity index is 459. The first-order valence-electron chi connectivity index (χ1n) is 3.74. The molecule has 0 aliphatic rings. The van der Waals surface area contributed by atoms with Crippen molar-refractivity contribution >= 4 is 11.3 Å². The molecule has 1 N–H and O–H groups in total. The molecule has 0 aliphatic carbocycles. The molecule has 0 atom stereocenters. The van der Waals surface area contributed by atoms with Crippen molar-refractivity contribution in [1.29, 1.82) is 0 Å². The topological polar surface area (TPSA) is 42.2 Å².